The Balaban J connectivity index is 1.56. The van der Waals surface area contributed by atoms with Crippen LogP contribution in [-0.2, 0) is 20.7 Å². The Morgan fingerprint density at radius 2 is 2.12 bits per heavy atom. The molecular formula is C20H26O5. The van der Waals surface area contributed by atoms with Crippen LogP contribution in [0.5, 0.6) is 0 Å². The van der Waals surface area contributed by atoms with E-state index in [-0.39, 0.29) is 23.4 Å². The Hall–Kier alpha value is -1.33. The summed E-state index contributed by atoms with van der Waals surface area (Å²) in [6.45, 7) is 4.77. The van der Waals surface area contributed by atoms with Gasteiger partial charge in [-0.15, -0.1) is 0 Å². The number of carbonyl (C=O) groups excluding carboxylic acids is 1. The van der Waals surface area contributed by atoms with Crippen molar-refractivity contribution in [1.82, 2.24) is 0 Å². The summed E-state index contributed by atoms with van der Waals surface area (Å²) < 4.78 is 16.9. The third kappa shape index (κ3) is 1.78. The molecule has 5 nitrogen and oxygen atoms in total. The minimum Gasteiger partial charge on any atom is -0.472 e. The van der Waals surface area contributed by atoms with Gasteiger partial charge in [-0.3, -0.25) is 4.79 Å². The van der Waals surface area contributed by atoms with Gasteiger partial charge in [-0.25, -0.2) is 0 Å². The lowest BCUT2D eigenvalue weighted by Gasteiger charge is -2.61. The monoisotopic (exact) mass is 346 g/mol. The van der Waals surface area contributed by atoms with Crippen LogP contribution in [-0.4, -0.2) is 35.0 Å². The van der Waals surface area contributed by atoms with Gasteiger partial charge in [0.25, 0.3) is 0 Å². The first-order valence-corrected chi connectivity index (χ1v) is 9.43. The molecule has 5 rings (SSSR count). The van der Waals surface area contributed by atoms with Gasteiger partial charge in [-0.2, -0.15) is 0 Å². The van der Waals surface area contributed by atoms with Crippen LogP contribution in [0.4, 0.5) is 0 Å². The molecule has 1 N–H and O–H groups in total. The fourth-order valence-electron chi connectivity index (χ4n) is 6.58. The molecule has 136 valence electrons. The molecule has 0 radical (unpaired) electrons. The quantitative estimate of drug-likeness (QED) is 0.673. The lowest BCUT2D eigenvalue weighted by Crippen LogP contribution is -2.69. The molecule has 2 aliphatic carbocycles. The normalized spacial score (nSPS) is 50.6. The number of ether oxygens (including phenoxy) is 2. The molecule has 1 aromatic rings. The molecule has 25 heavy (non-hydrogen) atoms. The van der Waals surface area contributed by atoms with Crippen molar-refractivity contribution < 1.29 is 23.8 Å². The van der Waals surface area contributed by atoms with Gasteiger partial charge in [-0.05, 0) is 44.2 Å². The molecule has 3 heterocycles. The highest BCUT2D eigenvalue weighted by molar-refractivity contribution is 5.80. The van der Waals surface area contributed by atoms with Crippen molar-refractivity contribution in [2.24, 2.45) is 16.7 Å². The number of carbonyl (C=O) groups is 1. The number of aryl methyl sites for hydroxylation is 1. The molecule has 2 saturated carbocycles. The van der Waals surface area contributed by atoms with Crippen LogP contribution in [0.3, 0.4) is 0 Å². The lowest BCUT2D eigenvalue weighted by molar-refractivity contribution is -0.227. The van der Waals surface area contributed by atoms with Gasteiger partial charge in [0.2, 0.25) is 0 Å². The van der Waals surface area contributed by atoms with Crippen molar-refractivity contribution in [3.05, 3.63) is 24.2 Å². The number of esters is 1. The van der Waals surface area contributed by atoms with Gasteiger partial charge in [0.15, 0.2) is 0 Å². The van der Waals surface area contributed by atoms with Crippen molar-refractivity contribution in [2.75, 3.05) is 6.61 Å². The molecule has 2 saturated heterocycles. The number of epoxide rings is 1. The minimum absolute atomic E-state index is 0.0606. The predicted molar refractivity (Wildman–Crippen MR) is 88.7 cm³/mol. The zero-order valence-corrected chi connectivity index (χ0v) is 14.9. The smallest absolute Gasteiger partial charge is 0.312 e. The summed E-state index contributed by atoms with van der Waals surface area (Å²) in [5, 5.41) is 12.1. The van der Waals surface area contributed by atoms with E-state index in [1.165, 1.54) is 0 Å². The summed E-state index contributed by atoms with van der Waals surface area (Å²) in [4.78, 5) is 12.6. The van der Waals surface area contributed by atoms with Gasteiger partial charge < -0.3 is 19.0 Å². The highest BCUT2D eigenvalue weighted by atomic mass is 16.6. The van der Waals surface area contributed by atoms with Crippen molar-refractivity contribution in [3.63, 3.8) is 0 Å². The Bertz CT molecular complexity index is 708. The fraction of sp³-hybridized carbons (Fsp3) is 0.750. The van der Waals surface area contributed by atoms with E-state index >= 15 is 0 Å². The van der Waals surface area contributed by atoms with Gasteiger partial charge >= 0.3 is 5.97 Å². The van der Waals surface area contributed by atoms with E-state index in [0.29, 0.717) is 19.4 Å². The van der Waals surface area contributed by atoms with Crippen molar-refractivity contribution in [1.29, 1.82) is 0 Å². The first-order chi connectivity index (χ1) is 11.8. The molecular weight excluding hydrogens is 320 g/mol. The third-order valence-corrected chi connectivity index (χ3v) is 7.94. The van der Waals surface area contributed by atoms with Gasteiger partial charge in [-0.1, -0.05) is 13.3 Å². The van der Waals surface area contributed by atoms with Gasteiger partial charge in [0.1, 0.15) is 17.3 Å². The Kier molecular flexibility index (Phi) is 2.98. The number of hydrogen-bond acceptors (Lipinski definition) is 5. The first-order valence-electron chi connectivity index (χ1n) is 9.43. The van der Waals surface area contributed by atoms with Crippen molar-refractivity contribution in [2.45, 2.75) is 69.7 Å². The topological polar surface area (TPSA) is 72.2 Å². The Morgan fingerprint density at radius 1 is 1.32 bits per heavy atom. The maximum atomic E-state index is 12.6. The second kappa shape index (κ2) is 4.68. The van der Waals surface area contributed by atoms with Crippen LogP contribution in [0.1, 0.15) is 51.5 Å². The number of furan rings is 1. The molecule has 1 spiro atoms. The highest BCUT2D eigenvalue weighted by Gasteiger charge is 2.79. The minimum atomic E-state index is -0.950. The largest absolute Gasteiger partial charge is 0.472 e. The maximum absolute atomic E-state index is 12.6. The lowest BCUT2D eigenvalue weighted by atomic mass is 9.43. The first kappa shape index (κ1) is 15.9. The van der Waals surface area contributed by atoms with Crippen molar-refractivity contribution >= 4 is 5.97 Å². The van der Waals surface area contributed by atoms with Crippen LogP contribution in [0, 0.1) is 16.7 Å². The van der Waals surface area contributed by atoms with E-state index in [4.69, 9.17) is 13.9 Å². The molecule has 6 atom stereocenters. The number of rotatable bonds is 3. The molecule has 1 aromatic heterocycles. The van der Waals surface area contributed by atoms with Crippen LogP contribution in [0.25, 0.3) is 0 Å². The maximum Gasteiger partial charge on any atom is 0.312 e. The average Bonchev–Trinajstić information content (AvgIpc) is 3.05. The molecule has 0 bridgehead atoms. The Labute approximate surface area is 147 Å². The third-order valence-electron chi connectivity index (χ3n) is 7.94. The van der Waals surface area contributed by atoms with Crippen LogP contribution < -0.4 is 0 Å². The summed E-state index contributed by atoms with van der Waals surface area (Å²) in [5.74, 6) is -0.0197. The van der Waals surface area contributed by atoms with Crippen molar-refractivity contribution in [3.8, 4) is 0 Å². The second-order valence-electron chi connectivity index (χ2n) is 9.09. The van der Waals surface area contributed by atoms with Crippen LogP contribution in [0.15, 0.2) is 23.0 Å². The van der Waals surface area contributed by atoms with E-state index in [0.717, 1.165) is 31.2 Å². The van der Waals surface area contributed by atoms with Gasteiger partial charge in [0.05, 0.1) is 24.5 Å². The summed E-state index contributed by atoms with van der Waals surface area (Å²) in [6, 6.07) is 1.95. The zero-order valence-electron chi connectivity index (χ0n) is 14.9. The Morgan fingerprint density at radius 3 is 2.80 bits per heavy atom. The average molecular weight is 346 g/mol. The summed E-state index contributed by atoms with van der Waals surface area (Å²) >= 11 is 0. The summed E-state index contributed by atoms with van der Waals surface area (Å²) in [5.41, 5.74) is -1.27. The number of aliphatic hydroxyl groups is 1. The molecule has 6 unspecified atom stereocenters. The molecule has 2 aliphatic heterocycles. The van der Waals surface area contributed by atoms with Crippen LogP contribution >= 0.6 is 0 Å². The zero-order chi connectivity index (χ0) is 17.5. The van der Waals surface area contributed by atoms with E-state index in [2.05, 4.69) is 6.92 Å². The van der Waals surface area contributed by atoms with Gasteiger partial charge in [0, 0.05) is 17.8 Å². The molecule has 4 fully saturated rings. The molecule has 4 aliphatic rings. The second-order valence-corrected chi connectivity index (χ2v) is 9.09. The molecule has 0 amide bonds. The van der Waals surface area contributed by atoms with E-state index in [9.17, 15) is 9.90 Å². The summed E-state index contributed by atoms with van der Waals surface area (Å²) in [7, 11) is 0. The van der Waals surface area contributed by atoms with Crippen LogP contribution in [0.2, 0.25) is 0 Å². The highest BCUT2D eigenvalue weighted by Crippen LogP contribution is 2.70. The SMILES string of the molecule is CC12CCCC3(C)C1C(CC1(CO1)C3(O)CCc1ccoc1)OC2=O. The fourth-order valence-corrected chi connectivity index (χ4v) is 6.58. The summed E-state index contributed by atoms with van der Waals surface area (Å²) in [6.07, 6.45) is 7.98. The van der Waals surface area contributed by atoms with E-state index in [1.54, 1.807) is 12.5 Å². The molecule has 5 heteroatoms. The predicted octanol–water partition coefficient (Wildman–Crippen LogP) is 2.85. The molecule has 0 aromatic carbocycles. The number of hydrogen-bond donors (Lipinski definition) is 1. The van der Waals surface area contributed by atoms with E-state index < -0.39 is 16.6 Å². The standard InChI is InChI=1S/C20H26O5/c1-17-6-3-7-18(2)15(17)14(25-16(17)21)10-19(12-24-19)20(18,22)8-4-13-5-9-23-11-13/h5,9,11,14-15,22H,3-4,6-8,10,12H2,1-2H3. The van der Waals surface area contributed by atoms with E-state index in [1.807, 2.05) is 13.0 Å².